The molecule has 0 spiro atoms. The molecule has 0 aliphatic carbocycles. The third-order valence-corrected chi connectivity index (χ3v) is 6.50. The Morgan fingerprint density at radius 3 is 2.45 bits per heavy atom. The number of oxazole rings is 1. The molecule has 0 radical (unpaired) electrons. The van der Waals surface area contributed by atoms with Crippen LogP contribution in [0.3, 0.4) is 0 Å². The first-order valence-electron chi connectivity index (χ1n) is 9.39. The molecule has 0 amide bonds. The second kappa shape index (κ2) is 8.87. The van der Waals surface area contributed by atoms with Crippen LogP contribution in [0.5, 0.6) is 5.75 Å². The summed E-state index contributed by atoms with van der Waals surface area (Å²) in [6.07, 6.45) is 2.10. The molecule has 7 nitrogen and oxygen atoms in total. The third kappa shape index (κ3) is 4.60. The minimum absolute atomic E-state index is 0.0508. The van der Waals surface area contributed by atoms with Gasteiger partial charge in [-0.2, -0.15) is 4.98 Å². The minimum atomic E-state index is -3.94. The first kappa shape index (κ1) is 21.0. The van der Waals surface area contributed by atoms with Gasteiger partial charge in [0.25, 0.3) is 5.89 Å². The van der Waals surface area contributed by atoms with Crippen molar-refractivity contribution in [2.45, 2.75) is 16.3 Å². The molecule has 2 heterocycles. The number of hydrogen-bond acceptors (Lipinski definition) is 7. The Kier molecular flexibility index (Phi) is 6.01. The molecular formula is C22H19ClN2O5S. The normalized spacial score (nSPS) is 11.4. The molecule has 0 fully saturated rings. The summed E-state index contributed by atoms with van der Waals surface area (Å²) in [6, 6.07) is 16.8. The Bertz CT molecular complexity index is 1250. The highest BCUT2D eigenvalue weighted by molar-refractivity contribution is 7.91. The zero-order chi connectivity index (χ0) is 21.8. The summed E-state index contributed by atoms with van der Waals surface area (Å²) in [6.45, 7) is 0.433. The van der Waals surface area contributed by atoms with Crippen LogP contribution >= 0.6 is 11.6 Å². The van der Waals surface area contributed by atoms with Gasteiger partial charge in [0.15, 0.2) is 5.76 Å². The van der Waals surface area contributed by atoms with Crippen molar-refractivity contribution in [2.75, 3.05) is 19.0 Å². The Morgan fingerprint density at radius 1 is 1.06 bits per heavy atom. The monoisotopic (exact) mass is 458 g/mol. The fraction of sp³-hybridized carbons (Fsp3) is 0.136. The Balaban J connectivity index is 1.61. The summed E-state index contributed by atoms with van der Waals surface area (Å²) in [5.41, 5.74) is 1.06. The van der Waals surface area contributed by atoms with E-state index in [4.69, 9.17) is 25.2 Å². The van der Waals surface area contributed by atoms with Gasteiger partial charge in [0, 0.05) is 11.6 Å². The molecule has 1 N–H and O–H groups in total. The lowest BCUT2D eigenvalue weighted by Crippen LogP contribution is -2.09. The lowest BCUT2D eigenvalue weighted by Gasteiger charge is -2.07. The number of ether oxygens (including phenoxy) is 1. The zero-order valence-electron chi connectivity index (χ0n) is 16.5. The summed E-state index contributed by atoms with van der Waals surface area (Å²) >= 11 is 5.89. The van der Waals surface area contributed by atoms with Crippen molar-refractivity contribution in [3.8, 4) is 17.4 Å². The van der Waals surface area contributed by atoms with Crippen molar-refractivity contribution < 1.29 is 22.0 Å². The molecule has 0 saturated carbocycles. The van der Waals surface area contributed by atoms with Crippen LogP contribution in [-0.2, 0) is 16.3 Å². The van der Waals surface area contributed by atoms with Gasteiger partial charge in [0.05, 0.1) is 18.3 Å². The maximum atomic E-state index is 13.2. The first-order chi connectivity index (χ1) is 15.0. The lowest BCUT2D eigenvalue weighted by molar-refractivity contribution is 0.414. The number of sulfone groups is 1. The summed E-state index contributed by atoms with van der Waals surface area (Å²) in [5, 5.41) is 3.28. The first-order valence-corrected chi connectivity index (χ1v) is 11.3. The van der Waals surface area contributed by atoms with E-state index in [9.17, 15) is 8.42 Å². The zero-order valence-corrected chi connectivity index (χ0v) is 18.1. The van der Waals surface area contributed by atoms with Gasteiger partial charge in [0.1, 0.15) is 5.75 Å². The average Bonchev–Trinajstić information content (AvgIpc) is 3.45. The van der Waals surface area contributed by atoms with E-state index in [1.807, 2.05) is 24.3 Å². The maximum absolute atomic E-state index is 13.2. The van der Waals surface area contributed by atoms with Crippen LogP contribution in [0.15, 0.2) is 85.7 Å². The number of nitrogens with one attached hydrogen (secondary N) is 1. The van der Waals surface area contributed by atoms with Gasteiger partial charge in [-0.05, 0) is 60.5 Å². The van der Waals surface area contributed by atoms with Crippen molar-refractivity contribution in [1.82, 2.24) is 4.98 Å². The number of nitrogens with zero attached hydrogens (tertiary/aromatic N) is 1. The van der Waals surface area contributed by atoms with E-state index < -0.39 is 9.84 Å². The molecular weight excluding hydrogens is 440 g/mol. The summed E-state index contributed by atoms with van der Waals surface area (Å²) in [5.74, 6) is 1.22. The fourth-order valence-corrected chi connectivity index (χ4v) is 4.35. The molecule has 0 aliphatic heterocycles. The molecule has 2 aromatic heterocycles. The molecule has 0 bridgehead atoms. The van der Waals surface area contributed by atoms with E-state index in [2.05, 4.69) is 10.3 Å². The van der Waals surface area contributed by atoms with Gasteiger partial charge in [-0.15, -0.1) is 0 Å². The van der Waals surface area contributed by atoms with E-state index in [1.165, 1.54) is 30.5 Å². The number of furan rings is 1. The van der Waals surface area contributed by atoms with Crippen molar-refractivity contribution in [1.29, 1.82) is 0 Å². The average molecular weight is 459 g/mol. The third-order valence-electron chi connectivity index (χ3n) is 4.56. The minimum Gasteiger partial charge on any atom is -0.497 e. The number of halogens is 1. The Labute approximate surface area is 184 Å². The van der Waals surface area contributed by atoms with Crippen molar-refractivity contribution in [3.63, 3.8) is 0 Å². The number of rotatable bonds is 8. The number of aromatic nitrogens is 1. The SMILES string of the molecule is COc1ccc(CCNc2oc(-c3ccco3)nc2S(=O)(=O)c2ccc(Cl)cc2)cc1. The molecule has 0 saturated heterocycles. The quantitative estimate of drug-likeness (QED) is 0.393. The number of anilines is 1. The van der Waals surface area contributed by atoms with Crippen LogP contribution in [0.2, 0.25) is 5.02 Å². The van der Waals surface area contributed by atoms with Gasteiger partial charge in [-0.25, -0.2) is 8.42 Å². The standard InChI is InChI=1S/C22H19ClN2O5S/c1-28-17-8-4-15(5-9-17)12-13-24-21-22(25-20(30-21)19-3-2-14-29-19)31(26,27)18-10-6-16(23)7-11-18/h2-11,14,24H,12-13H2,1H3. The van der Waals surface area contributed by atoms with Crippen LogP contribution in [0, 0.1) is 0 Å². The van der Waals surface area contributed by atoms with Gasteiger partial charge in [-0.1, -0.05) is 23.7 Å². The van der Waals surface area contributed by atoms with Crippen LogP contribution < -0.4 is 10.1 Å². The van der Waals surface area contributed by atoms with E-state index in [1.54, 1.807) is 19.2 Å². The van der Waals surface area contributed by atoms with Crippen LogP contribution in [0.25, 0.3) is 11.7 Å². The highest BCUT2D eigenvalue weighted by Gasteiger charge is 2.29. The van der Waals surface area contributed by atoms with Gasteiger partial charge in [-0.3, -0.25) is 0 Å². The molecule has 0 unspecified atom stereocenters. The highest BCUT2D eigenvalue weighted by Crippen LogP contribution is 2.32. The highest BCUT2D eigenvalue weighted by atomic mass is 35.5. The second-order valence-electron chi connectivity index (χ2n) is 6.61. The molecule has 4 rings (SSSR count). The van der Waals surface area contributed by atoms with Crippen molar-refractivity contribution >= 4 is 27.3 Å². The van der Waals surface area contributed by atoms with Gasteiger partial charge >= 0.3 is 0 Å². The molecule has 160 valence electrons. The predicted octanol–water partition coefficient (Wildman–Crippen LogP) is 5.08. The summed E-state index contributed by atoms with van der Waals surface area (Å²) < 4.78 is 42.6. The van der Waals surface area contributed by atoms with Crippen LogP contribution in [0.1, 0.15) is 5.56 Å². The number of benzene rings is 2. The summed E-state index contributed by atoms with van der Waals surface area (Å²) in [4.78, 5) is 4.28. The molecule has 0 atom stereocenters. The second-order valence-corrected chi connectivity index (χ2v) is 8.91. The number of hydrogen-bond donors (Lipinski definition) is 1. The summed E-state index contributed by atoms with van der Waals surface area (Å²) in [7, 11) is -2.33. The Hall–Kier alpha value is -3.23. The van der Waals surface area contributed by atoms with Crippen LogP contribution in [0.4, 0.5) is 5.88 Å². The molecule has 31 heavy (non-hydrogen) atoms. The van der Waals surface area contributed by atoms with E-state index in [-0.39, 0.29) is 21.7 Å². The predicted molar refractivity (Wildman–Crippen MR) is 116 cm³/mol. The molecule has 4 aromatic rings. The topological polar surface area (TPSA) is 94.6 Å². The molecule has 0 aliphatic rings. The number of methoxy groups -OCH3 is 1. The maximum Gasteiger partial charge on any atom is 0.266 e. The molecule has 2 aromatic carbocycles. The van der Waals surface area contributed by atoms with E-state index in [0.717, 1.165) is 11.3 Å². The largest absolute Gasteiger partial charge is 0.497 e. The lowest BCUT2D eigenvalue weighted by atomic mass is 10.1. The van der Waals surface area contributed by atoms with Gasteiger partial charge in [0.2, 0.25) is 20.7 Å². The Morgan fingerprint density at radius 2 is 1.81 bits per heavy atom. The fourth-order valence-electron chi connectivity index (χ4n) is 2.94. The van der Waals surface area contributed by atoms with Crippen molar-refractivity contribution in [2.24, 2.45) is 0 Å². The van der Waals surface area contributed by atoms with Crippen molar-refractivity contribution in [3.05, 3.63) is 77.5 Å². The van der Waals surface area contributed by atoms with Crippen LogP contribution in [-0.4, -0.2) is 27.1 Å². The smallest absolute Gasteiger partial charge is 0.266 e. The van der Waals surface area contributed by atoms with E-state index >= 15 is 0 Å². The van der Waals surface area contributed by atoms with Gasteiger partial charge < -0.3 is 18.9 Å². The van der Waals surface area contributed by atoms with E-state index in [0.29, 0.717) is 23.7 Å². The molecule has 9 heteroatoms.